The average Bonchev–Trinajstić information content (AvgIpc) is 3.25. The van der Waals surface area contributed by atoms with Crippen LogP contribution in [0.2, 0.25) is 0 Å². The summed E-state index contributed by atoms with van der Waals surface area (Å²) in [6.07, 6.45) is 7.10. The Morgan fingerprint density at radius 3 is 2.92 bits per heavy atom. The van der Waals surface area contributed by atoms with Crippen molar-refractivity contribution in [3.05, 3.63) is 60.7 Å². The number of carbonyl (C=O) groups excluding carboxylic acids is 1. The van der Waals surface area contributed by atoms with Gasteiger partial charge in [-0.2, -0.15) is 0 Å². The molecule has 0 radical (unpaired) electrons. The SMILES string of the molecule is COc1nn(C)cc1C(=O)Nc1cccc(-c2cn3cccnc3n2)c1. The van der Waals surface area contributed by atoms with Gasteiger partial charge >= 0.3 is 0 Å². The molecule has 0 spiro atoms. The van der Waals surface area contributed by atoms with Gasteiger partial charge < -0.3 is 10.1 Å². The van der Waals surface area contributed by atoms with Gasteiger partial charge in [-0.3, -0.25) is 13.9 Å². The molecule has 0 aliphatic carbocycles. The van der Waals surface area contributed by atoms with Crippen LogP contribution in [0.3, 0.4) is 0 Å². The topological polar surface area (TPSA) is 86.3 Å². The van der Waals surface area contributed by atoms with E-state index in [2.05, 4.69) is 20.4 Å². The minimum absolute atomic E-state index is 0.285. The average molecular weight is 348 g/mol. The number of methoxy groups -OCH3 is 1. The first-order valence-electron chi connectivity index (χ1n) is 7.93. The Morgan fingerprint density at radius 2 is 2.12 bits per heavy atom. The number of nitrogens with one attached hydrogen (secondary N) is 1. The Kier molecular flexibility index (Phi) is 3.85. The normalized spacial score (nSPS) is 10.8. The molecule has 0 atom stereocenters. The van der Waals surface area contributed by atoms with E-state index in [0.717, 1.165) is 11.3 Å². The van der Waals surface area contributed by atoms with E-state index in [1.165, 1.54) is 11.8 Å². The monoisotopic (exact) mass is 348 g/mol. The minimum Gasteiger partial charge on any atom is -0.479 e. The first-order valence-corrected chi connectivity index (χ1v) is 7.93. The zero-order valence-corrected chi connectivity index (χ0v) is 14.2. The van der Waals surface area contributed by atoms with E-state index in [1.54, 1.807) is 19.4 Å². The second-order valence-corrected chi connectivity index (χ2v) is 5.71. The number of fused-ring (bicyclic) bond motifs is 1. The second-order valence-electron chi connectivity index (χ2n) is 5.71. The Morgan fingerprint density at radius 1 is 1.23 bits per heavy atom. The van der Waals surface area contributed by atoms with E-state index in [1.807, 2.05) is 47.1 Å². The zero-order valence-electron chi connectivity index (χ0n) is 14.2. The molecular weight excluding hydrogens is 332 g/mol. The Balaban J connectivity index is 1.62. The molecule has 0 aliphatic heterocycles. The molecule has 130 valence electrons. The van der Waals surface area contributed by atoms with Crippen LogP contribution in [0.4, 0.5) is 5.69 Å². The lowest BCUT2D eigenvalue weighted by Gasteiger charge is -2.06. The molecule has 0 saturated carbocycles. The Labute approximate surface area is 149 Å². The molecule has 0 fully saturated rings. The highest BCUT2D eigenvalue weighted by molar-refractivity contribution is 6.06. The number of imidazole rings is 1. The number of aromatic nitrogens is 5. The highest BCUT2D eigenvalue weighted by Crippen LogP contribution is 2.23. The summed E-state index contributed by atoms with van der Waals surface area (Å²) in [7, 11) is 3.22. The molecule has 8 nitrogen and oxygen atoms in total. The van der Waals surface area contributed by atoms with Crippen molar-refractivity contribution >= 4 is 17.4 Å². The molecule has 1 N–H and O–H groups in total. The van der Waals surface area contributed by atoms with Crippen LogP contribution in [0.25, 0.3) is 17.0 Å². The molecule has 4 aromatic rings. The number of anilines is 1. The van der Waals surface area contributed by atoms with Crippen LogP contribution in [0, 0.1) is 0 Å². The van der Waals surface area contributed by atoms with Crippen LogP contribution in [-0.2, 0) is 7.05 Å². The van der Waals surface area contributed by atoms with Crippen molar-refractivity contribution in [1.82, 2.24) is 24.1 Å². The van der Waals surface area contributed by atoms with Gasteiger partial charge in [-0.05, 0) is 18.2 Å². The Bertz CT molecular complexity index is 1060. The number of hydrogen-bond donors (Lipinski definition) is 1. The molecule has 0 bridgehead atoms. The number of nitrogens with zero attached hydrogens (tertiary/aromatic N) is 5. The van der Waals surface area contributed by atoms with Crippen LogP contribution < -0.4 is 10.1 Å². The highest BCUT2D eigenvalue weighted by atomic mass is 16.5. The number of benzene rings is 1. The minimum atomic E-state index is -0.288. The highest BCUT2D eigenvalue weighted by Gasteiger charge is 2.16. The molecule has 4 rings (SSSR count). The van der Waals surface area contributed by atoms with Crippen molar-refractivity contribution in [2.75, 3.05) is 12.4 Å². The van der Waals surface area contributed by atoms with Gasteiger partial charge in [0.25, 0.3) is 5.91 Å². The predicted octanol–water partition coefficient (Wildman–Crippen LogP) is 2.39. The fourth-order valence-corrected chi connectivity index (χ4v) is 2.70. The standard InChI is InChI=1S/C18H16N6O2/c1-23-10-14(17(22-23)26-2)16(25)20-13-6-3-5-12(9-13)15-11-24-8-4-7-19-18(24)21-15/h3-11H,1-2H3,(H,20,25). The molecule has 0 aliphatic rings. The van der Waals surface area contributed by atoms with Crippen molar-refractivity contribution in [3.63, 3.8) is 0 Å². The number of hydrogen-bond acceptors (Lipinski definition) is 5. The van der Waals surface area contributed by atoms with Gasteiger partial charge in [0.2, 0.25) is 11.7 Å². The van der Waals surface area contributed by atoms with E-state index in [9.17, 15) is 4.79 Å². The lowest BCUT2D eigenvalue weighted by atomic mass is 10.1. The van der Waals surface area contributed by atoms with Crippen LogP contribution in [0.15, 0.2) is 55.1 Å². The lowest BCUT2D eigenvalue weighted by Crippen LogP contribution is -2.12. The zero-order chi connectivity index (χ0) is 18.1. The summed E-state index contributed by atoms with van der Waals surface area (Å²) in [6.45, 7) is 0. The maximum absolute atomic E-state index is 12.5. The molecule has 1 aromatic carbocycles. The fourth-order valence-electron chi connectivity index (χ4n) is 2.70. The van der Waals surface area contributed by atoms with E-state index in [0.29, 0.717) is 17.0 Å². The summed E-state index contributed by atoms with van der Waals surface area (Å²) < 4.78 is 8.52. The van der Waals surface area contributed by atoms with Crippen LogP contribution >= 0.6 is 0 Å². The van der Waals surface area contributed by atoms with Crippen molar-refractivity contribution < 1.29 is 9.53 Å². The molecule has 0 saturated heterocycles. The van der Waals surface area contributed by atoms with Gasteiger partial charge in [-0.25, -0.2) is 9.97 Å². The Hall–Kier alpha value is -3.68. The van der Waals surface area contributed by atoms with Gasteiger partial charge in [0.1, 0.15) is 5.56 Å². The number of rotatable bonds is 4. The second kappa shape index (κ2) is 6.32. The number of carbonyl (C=O) groups is 1. The van der Waals surface area contributed by atoms with Gasteiger partial charge in [0.05, 0.1) is 12.8 Å². The first kappa shape index (κ1) is 15.8. The maximum atomic E-state index is 12.5. The van der Waals surface area contributed by atoms with Crippen molar-refractivity contribution in [2.24, 2.45) is 7.05 Å². The number of aryl methyl sites for hydroxylation is 1. The van der Waals surface area contributed by atoms with Crippen LogP contribution in [0.5, 0.6) is 5.88 Å². The third-order valence-corrected chi connectivity index (χ3v) is 3.88. The molecule has 3 aromatic heterocycles. The quantitative estimate of drug-likeness (QED) is 0.612. The van der Waals surface area contributed by atoms with Gasteiger partial charge in [-0.15, -0.1) is 5.10 Å². The molecular formula is C18H16N6O2. The van der Waals surface area contributed by atoms with Crippen molar-refractivity contribution in [3.8, 4) is 17.1 Å². The summed E-state index contributed by atoms with van der Waals surface area (Å²) in [6, 6.07) is 9.32. The number of amides is 1. The third kappa shape index (κ3) is 2.88. The summed E-state index contributed by atoms with van der Waals surface area (Å²) in [5.41, 5.74) is 2.69. The van der Waals surface area contributed by atoms with Crippen molar-refractivity contribution in [2.45, 2.75) is 0 Å². The summed E-state index contributed by atoms with van der Waals surface area (Å²) in [5.74, 6) is 0.619. The van der Waals surface area contributed by atoms with E-state index in [-0.39, 0.29) is 11.8 Å². The smallest absolute Gasteiger partial charge is 0.262 e. The first-order chi connectivity index (χ1) is 12.6. The summed E-state index contributed by atoms with van der Waals surface area (Å²) in [5, 5.41) is 6.96. The van der Waals surface area contributed by atoms with E-state index >= 15 is 0 Å². The van der Waals surface area contributed by atoms with E-state index in [4.69, 9.17) is 4.74 Å². The summed E-state index contributed by atoms with van der Waals surface area (Å²) >= 11 is 0. The van der Waals surface area contributed by atoms with Crippen LogP contribution in [0.1, 0.15) is 10.4 Å². The maximum Gasteiger partial charge on any atom is 0.262 e. The van der Waals surface area contributed by atoms with Gasteiger partial charge in [-0.1, -0.05) is 12.1 Å². The summed E-state index contributed by atoms with van der Waals surface area (Å²) in [4.78, 5) is 21.2. The van der Waals surface area contributed by atoms with Crippen molar-refractivity contribution in [1.29, 1.82) is 0 Å². The largest absolute Gasteiger partial charge is 0.479 e. The van der Waals surface area contributed by atoms with Gasteiger partial charge in [0, 0.05) is 43.1 Å². The molecule has 3 heterocycles. The fraction of sp³-hybridized carbons (Fsp3) is 0.111. The molecule has 26 heavy (non-hydrogen) atoms. The molecule has 0 unspecified atom stereocenters. The molecule has 8 heteroatoms. The molecule has 1 amide bonds. The van der Waals surface area contributed by atoms with Crippen LogP contribution in [-0.4, -0.2) is 37.2 Å². The third-order valence-electron chi connectivity index (χ3n) is 3.88. The number of ether oxygens (including phenoxy) is 1. The predicted molar refractivity (Wildman–Crippen MR) is 96.1 cm³/mol. The van der Waals surface area contributed by atoms with E-state index < -0.39 is 0 Å². The lowest BCUT2D eigenvalue weighted by molar-refractivity contribution is 0.102. The van der Waals surface area contributed by atoms with Gasteiger partial charge in [0.15, 0.2) is 0 Å².